The van der Waals surface area contributed by atoms with Gasteiger partial charge in [0.1, 0.15) is 11.5 Å². The first-order valence-electron chi connectivity index (χ1n) is 6.61. The van der Waals surface area contributed by atoms with E-state index in [1.54, 1.807) is 19.1 Å². The minimum atomic E-state index is -0.375. The number of hydrogen-bond donors (Lipinski definition) is 1. The van der Waals surface area contributed by atoms with Crippen LogP contribution in [0, 0.1) is 17.0 Å². The molecule has 0 saturated heterocycles. The van der Waals surface area contributed by atoms with Crippen LogP contribution in [0.25, 0.3) is 11.3 Å². The molecule has 1 aromatic heterocycles. The molecule has 0 aliphatic carbocycles. The van der Waals surface area contributed by atoms with Crippen molar-refractivity contribution in [2.24, 2.45) is 0 Å². The van der Waals surface area contributed by atoms with Crippen LogP contribution in [0.3, 0.4) is 0 Å². The van der Waals surface area contributed by atoms with Gasteiger partial charge in [0.2, 0.25) is 0 Å². The minimum Gasteiger partial charge on any atom is -0.459 e. The predicted molar refractivity (Wildman–Crippen MR) is 77.6 cm³/mol. The molecule has 0 fully saturated rings. The molecule has 0 saturated carbocycles. The second-order valence-corrected chi connectivity index (χ2v) is 4.74. The number of aryl methyl sites for hydroxylation is 1. The van der Waals surface area contributed by atoms with Gasteiger partial charge in [-0.3, -0.25) is 10.1 Å². The highest BCUT2D eigenvalue weighted by Crippen LogP contribution is 2.29. The second-order valence-electron chi connectivity index (χ2n) is 4.74. The molecule has 0 amide bonds. The molecule has 1 heterocycles. The summed E-state index contributed by atoms with van der Waals surface area (Å²) in [6.45, 7) is 6.67. The predicted octanol–water partition coefficient (Wildman–Crippen LogP) is 3.83. The maximum Gasteiger partial charge on any atom is 0.272 e. The molecule has 2 rings (SSSR count). The highest BCUT2D eigenvalue weighted by Gasteiger charge is 2.14. The van der Waals surface area contributed by atoms with Gasteiger partial charge in [-0.15, -0.1) is 0 Å². The third-order valence-electron chi connectivity index (χ3n) is 3.24. The fourth-order valence-corrected chi connectivity index (χ4v) is 2.16. The zero-order valence-electron chi connectivity index (χ0n) is 11.8. The zero-order chi connectivity index (χ0) is 14.7. The van der Waals surface area contributed by atoms with Crippen LogP contribution < -0.4 is 5.32 Å². The first-order chi connectivity index (χ1) is 9.52. The molecule has 1 atom stereocenters. The van der Waals surface area contributed by atoms with Crippen LogP contribution in [0.5, 0.6) is 0 Å². The molecule has 5 nitrogen and oxygen atoms in total. The molecule has 1 N–H and O–H groups in total. The maximum atomic E-state index is 10.8. The average Bonchev–Trinajstić information content (AvgIpc) is 2.88. The van der Waals surface area contributed by atoms with Crippen LogP contribution in [0.1, 0.15) is 31.2 Å². The SMILES string of the molecule is CCNC(C)c1ccc(-c2ccc([N+](=O)[O-])c(C)c2)o1. The van der Waals surface area contributed by atoms with Crippen LogP contribution in [0.15, 0.2) is 34.7 Å². The van der Waals surface area contributed by atoms with Crippen molar-refractivity contribution in [3.63, 3.8) is 0 Å². The fourth-order valence-electron chi connectivity index (χ4n) is 2.16. The van der Waals surface area contributed by atoms with Gasteiger partial charge in [-0.2, -0.15) is 0 Å². The third-order valence-corrected chi connectivity index (χ3v) is 3.24. The first kappa shape index (κ1) is 14.3. The summed E-state index contributed by atoms with van der Waals surface area (Å²) in [7, 11) is 0. The summed E-state index contributed by atoms with van der Waals surface area (Å²) in [5, 5.41) is 14.1. The Kier molecular flexibility index (Phi) is 4.20. The summed E-state index contributed by atoms with van der Waals surface area (Å²) >= 11 is 0. The Labute approximate surface area is 117 Å². The number of hydrogen-bond acceptors (Lipinski definition) is 4. The molecule has 0 bridgehead atoms. The Bertz CT molecular complexity index is 619. The van der Waals surface area contributed by atoms with E-state index in [2.05, 4.69) is 5.32 Å². The fraction of sp³-hybridized carbons (Fsp3) is 0.333. The van der Waals surface area contributed by atoms with Crippen molar-refractivity contribution >= 4 is 5.69 Å². The zero-order valence-corrected chi connectivity index (χ0v) is 11.8. The van der Waals surface area contributed by atoms with Crippen molar-refractivity contribution < 1.29 is 9.34 Å². The molecule has 0 radical (unpaired) electrons. The van der Waals surface area contributed by atoms with Crippen LogP contribution in [0.4, 0.5) is 5.69 Å². The van der Waals surface area contributed by atoms with E-state index in [-0.39, 0.29) is 16.7 Å². The third kappa shape index (κ3) is 2.88. The van der Waals surface area contributed by atoms with Crippen molar-refractivity contribution in [2.75, 3.05) is 6.54 Å². The smallest absolute Gasteiger partial charge is 0.272 e. The van der Waals surface area contributed by atoms with Crippen LogP contribution in [-0.4, -0.2) is 11.5 Å². The Morgan fingerprint density at radius 2 is 2.10 bits per heavy atom. The Hall–Kier alpha value is -2.14. The number of nitrogens with zero attached hydrogens (tertiary/aromatic N) is 1. The van der Waals surface area contributed by atoms with E-state index in [1.165, 1.54) is 6.07 Å². The normalized spacial score (nSPS) is 12.3. The number of nitro groups is 1. The van der Waals surface area contributed by atoms with Gasteiger partial charge < -0.3 is 9.73 Å². The molecule has 2 aromatic rings. The minimum absolute atomic E-state index is 0.126. The summed E-state index contributed by atoms with van der Waals surface area (Å²) in [6, 6.07) is 8.97. The van der Waals surface area contributed by atoms with Gasteiger partial charge in [-0.25, -0.2) is 0 Å². The highest BCUT2D eigenvalue weighted by molar-refractivity contribution is 5.62. The molecule has 1 aromatic carbocycles. The van der Waals surface area contributed by atoms with Crippen molar-refractivity contribution in [1.29, 1.82) is 0 Å². The molecule has 5 heteroatoms. The Morgan fingerprint density at radius 3 is 2.70 bits per heavy atom. The van der Waals surface area contributed by atoms with E-state index in [1.807, 2.05) is 26.0 Å². The lowest BCUT2D eigenvalue weighted by molar-refractivity contribution is -0.385. The van der Waals surface area contributed by atoms with Gasteiger partial charge in [-0.1, -0.05) is 6.92 Å². The van der Waals surface area contributed by atoms with Crippen LogP contribution in [-0.2, 0) is 0 Å². The Balaban J connectivity index is 2.28. The summed E-state index contributed by atoms with van der Waals surface area (Å²) < 4.78 is 5.81. The molecule has 106 valence electrons. The molecule has 1 unspecified atom stereocenters. The molecular weight excluding hydrogens is 256 g/mol. The number of benzene rings is 1. The second kappa shape index (κ2) is 5.88. The topological polar surface area (TPSA) is 68.3 Å². The first-order valence-corrected chi connectivity index (χ1v) is 6.61. The van der Waals surface area contributed by atoms with Crippen LogP contribution in [0.2, 0.25) is 0 Å². The number of nitro benzene ring substituents is 1. The summed E-state index contributed by atoms with van der Waals surface area (Å²) in [5.41, 5.74) is 1.61. The highest BCUT2D eigenvalue weighted by atomic mass is 16.6. The van der Waals surface area contributed by atoms with Gasteiger partial charge in [0.05, 0.1) is 11.0 Å². The summed E-state index contributed by atoms with van der Waals surface area (Å²) in [4.78, 5) is 10.4. The van der Waals surface area contributed by atoms with Gasteiger partial charge >= 0.3 is 0 Å². The van der Waals surface area contributed by atoms with E-state index < -0.39 is 0 Å². The molecule has 0 aliphatic heterocycles. The van der Waals surface area contributed by atoms with Crippen LogP contribution >= 0.6 is 0 Å². The van der Waals surface area contributed by atoms with E-state index in [9.17, 15) is 10.1 Å². The van der Waals surface area contributed by atoms with Gasteiger partial charge in [0, 0.05) is 17.2 Å². The number of furan rings is 1. The number of nitrogens with one attached hydrogen (secondary N) is 1. The monoisotopic (exact) mass is 274 g/mol. The van der Waals surface area contributed by atoms with E-state index >= 15 is 0 Å². The maximum absolute atomic E-state index is 10.8. The summed E-state index contributed by atoms with van der Waals surface area (Å²) in [6.07, 6.45) is 0. The molecular formula is C15H18N2O3. The lowest BCUT2D eigenvalue weighted by atomic mass is 10.1. The standard InChI is InChI=1S/C15H18N2O3/c1-4-16-11(3)14-7-8-15(20-14)12-5-6-13(17(18)19)10(2)9-12/h5-9,11,16H,4H2,1-3H3. The lowest BCUT2D eigenvalue weighted by Gasteiger charge is -2.08. The molecule has 20 heavy (non-hydrogen) atoms. The van der Waals surface area contributed by atoms with Crippen molar-refractivity contribution in [3.05, 3.63) is 51.8 Å². The average molecular weight is 274 g/mol. The van der Waals surface area contributed by atoms with E-state index in [4.69, 9.17) is 4.42 Å². The van der Waals surface area contributed by atoms with E-state index in [0.29, 0.717) is 5.56 Å². The lowest BCUT2D eigenvalue weighted by Crippen LogP contribution is -2.16. The van der Waals surface area contributed by atoms with Gasteiger partial charge in [0.15, 0.2) is 0 Å². The van der Waals surface area contributed by atoms with Gasteiger partial charge in [-0.05, 0) is 44.7 Å². The number of rotatable bonds is 5. The van der Waals surface area contributed by atoms with E-state index in [0.717, 1.165) is 23.6 Å². The quantitative estimate of drug-likeness (QED) is 0.664. The molecule has 0 spiro atoms. The summed E-state index contributed by atoms with van der Waals surface area (Å²) in [5.74, 6) is 1.58. The van der Waals surface area contributed by atoms with Crippen molar-refractivity contribution in [1.82, 2.24) is 5.32 Å². The van der Waals surface area contributed by atoms with Gasteiger partial charge in [0.25, 0.3) is 5.69 Å². The Morgan fingerprint density at radius 1 is 1.35 bits per heavy atom. The van der Waals surface area contributed by atoms with Crippen molar-refractivity contribution in [2.45, 2.75) is 26.8 Å². The largest absolute Gasteiger partial charge is 0.459 e. The molecule has 0 aliphatic rings. The van der Waals surface area contributed by atoms with Crippen molar-refractivity contribution in [3.8, 4) is 11.3 Å².